The molecule has 0 saturated carbocycles. The van der Waals surface area contributed by atoms with E-state index in [-0.39, 0.29) is 11.7 Å². The van der Waals surface area contributed by atoms with Gasteiger partial charge in [0.15, 0.2) is 0 Å². The molecule has 1 aromatic rings. The van der Waals surface area contributed by atoms with E-state index in [0.717, 1.165) is 13.1 Å². The lowest BCUT2D eigenvalue weighted by molar-refractivity contribution is -0.0507. The van der Waals surface area contributed by atoms with Crippen molar-refractivity contribution in [3.8, 4) is 5.75 Å². The Kier molecular flexibility index (Phi) is 4.54. The molecule has 0 radical (unpaired) electrons. The predicted octanol–water partition coefficient (Wildman–Crippen LogP) is 1.85. The van der Waals surface area contributed by atoms with E-state index >= 15 is 0 Å². The number of ether oxygens (including phenoxy) is 1. The molecule has 1 aromatic carbocycles. The summed E-state index contributed by atoms with van der Waals surface area (Å²) in [5.41, 5.74) is 1.52. The van der Waals surface area contributed by atoms with Gasteiger partial charge in [-0.1, -0.05) is 0 Å². The van der Waals surface area contributed by atoms with Gasteiger partial charge in [0.25, 0.3) is 5.91 Å². The third-order valence-electron chi connectivity index (χ3n) is 3.35. The Morgan fingerprint density at radius 3 is 2.45 bits per heavy atom. The molecule has 0 unspecified atom stereocenters. The van der Waals surface area contributed by atoms with E-state index in [2.05, 4.69) is 15.4 Å². The fraction of sp³-hybridized carbons (Fsp3) is 0.500. The summed E-state index contributed by atoms with van der Waals surface area (Å²) in [5.74, 6) is 0.425. The van der Waals surface area contributed by atoms with Gasteiger partial charge in [-0.3, -0.25) is 4.79 Å². The molecule has 1 amide bonds. The Morgan fingerprint density at radius 1 is 1.40 bits per heavy atom. The van der Waals surface area contributed by atoms with Gasteiger partial charge in [0.2, 0.25) is 0 Å². The molecule has 4 nitrogen and oxygen atoms in total. The Labute approximate surface area is 116 Å². The SMILES string of the molecule is Cc1cc(C(=O)NCC2CNC2)cc(C)c1OC(F)F. The van der Waals surface area contributed by atoms with Gasteiger partial charge in [0.1, 0.15) is 5.75 Å². The molecule has 2 N–H and O–H groups in total. The second-order valence-electron chi connectivity index (χ2n) is 5.05. The van der Waals surface area contributed by atoms with Crippen molar-refractivity contribution < 1.29 is 18.3 Å². The van der Waals surface area contributed by atoms with E-state index < -0.39 is 6.61 Å². The summed E-state index contributed by atoms with van der Waals surface area (Å²) < 4.78 is 29.0. The van der Waals surface area contributed by atoms with Crippen molar-refractivity contribution in [1.29, 1.82) is 0 Å². The first-order valence-corrected chi connectivity index (χ1v) is 6.52. The van der Waals surface area contributed by atoms with Crippen molar-refractivity contribution >= 4 is 5.91 Å². The van der Waals surface area contributed by atoms with E-state index in [1.54, 1.807) is 26.0 Å². The van der Waals surface area contributed by atoms with Crippen LogP contribution in [0.1, 0.15) is 21.5 Å². The van der Waals surface area contributed by atoms with E-state index in [0.29, 0.717) is 29.2 Å². The molecule has 0 bridgehead atoms. The van der Waals surface area contributed by atoms with Gasteiger partial charge in [-0.25, -0.2) is 0 Å². The largest absolute Gasteiger partial charge is 0.434 e. The minimum absolute atomic E-state index is 0.139. The summed E-state index contributed by atoms with van der Waals surface area (Å²) >= 11 is 0. The zero-order valence-electron chi connectivity index (χ0n) is 11.5. The molecule has 20 heavy (non-hydrogen) atoms. The van der Waals surface area contributed by atoms with Crippen molar-refractivity contribution in [2.45, 2.75) is 20.5 Å². The van der Waals surface area contributed by atoms with Crippen LogP contribution in [0.3, 0.4) is 0 Å². The maximum absolute atomic E-state index is 12.3. The summed E-state index contributed by atoms with van der Waals surface area (Å²) in [7, 11) is 0. The van der Waals surface area contributed by atoms with Crippen LogP contribution >= 0.6 is 0 Å². The fourth-order valence-corrected chi connectivity index (χ4v) is 2.19. The Bertz CT molecular complexity index is 479. The van der Waals surface area contributed by atoms with Crippen LogP contribution in [-0.2, 0) is 0 Å². The number of rotatable bonds is 5. The number of hydrogen-bond donors (Lipinski definition) is 2. The molecular formula is C14H18F2N2O2. The minimum atomic E-state index is -2.86. The third-order valence-corrected chi connectivity index (χ3v) is 3.35. The average Bonchev–Trinajstić information content (AvgIpc) is 2.31. The number of aryl methyl sites for hydroxylation is 2. The monoisotopic (exact) mass is 284 g/mol. The van der Waals surface area contributed by atoms with Crippen LogP contribution in [0.15, 0.2) is 12.1 Å². The minimum Gasteiger partial charge on any atom is -0.434 e. The molecule has 1 aliphatic heterocycles. The first-order valence-electron chi connectivity index (χ1n) is 6.52. The maximum Gasteiger partial charge on any atom is 0.387 e. The maximum atomic E-state index is 12.3. The highest BCUT2D eigenvalue weighted by Gasteiger charge is 2.19. The second-order valence-corrected chi connectivity index (χ2v) is 5.05. The Balaban J connectivity index is 2.06. The van der Waals surface area contributed by atoms with Gasteiger partial charge >= 0.3 is 6.61 Å². The lowest BCUT2D eigenvalue weighted by atomic mass is 10.0. The lowest BCUT2D eigenvalue weighted by Crippen LogP contribution is -2.48. The quantitative estimate of drug-likeness (QED) is 0.867. The van der Waals surface area contributed by atoms with Gasteiger partial charge in [-0.05, 0) is 37.1 Å². The van der Waals surface area contributed by atoms with Crippen molar-refractivity contribution in [3.05, 3.63) is 28.8 Å². The summed E-state index contributed by atoms with van der Waals surface area (Å²) in [6.45, 7) is 2.89. The number of halogens is 2. The molecule has 2 rings (SSSR count). The van der Waals surface area contributed by atoms with E-state index in [1.807, 2.05) is 0 Å². The molecule has 6 heteroatoms. The number of carbonyl (C=O) groups is 1. The van der Waals surface area contributed by atoms with E-state index in [9.17, 15) is 13.6 Å². The fourth-order valence-electron chi connectivity index (χ4n) is 2.19. The Morgan fingerprint density at radius 2 is 2.00 bits per heavy atom. The third kappa shape index (κ3) is 3.45. The number of benzene rings is 1. The molecular weight excluding hydrogens is 266 g/mol. The Hall–Kier alpha value is -1.69. The van der Waals surface area contributed by atoms with Gasteiger partial charge in [0, 0.05) is 31.1 Å². The highest BCUT2D eigenvalue weighted by Crippen LogP contribution is 2.26. The molecule has 110 valence electrons. The van der Waals surface area contributed by atoms with Crippen molar-refractivity contribution in [2.24, 2.45) is 5.92 Å². The first-order chi connectivity index (χ1) is 9.47. The first kappa shape index (κ1) is 14.7. The number of alkyl halides is 2. The van der Waals surface area contributed by atoms with Crippen molar-refractivity contribution in [2.75, 3.05) is 19.6 Å². The summed E-state index contributed by atoms with van der Waals surface area (Å²) in [5, 5.41) is 5.98. The molecule has 0 spiro atoms. The van der Waals surface area contributed by atoms with Crippen LogP contribution in [0.25, 0.3) is 0 Å². The van der Waals surface area contributed by atoms with Crippen LogP contribution in [0, 0.1) is 19.8 Å². The van der Waals surface area contributed by atoms with Gasteiger partial charge < -0.3 is 15.4 Å². The van der Waals surface area contributed by atoms with Crippen molar-refractivity contribution in [1.82, 2.24) is 10.6 Å². The summed E-state index contributed by atoms with van der Waals surface area (Å²) in [6.07, 6.45) is 0. The molecule has 0 aromatic heterocycles. The van der Waals surface area contributed by atoms with Crippen LogP contribution in [0.4, 0.5) is 8.78 Å². The van der Waals surface area contributed by atoms with Gasteiger partial charge in [0.05, 0.1) is 0 Å². The van der Waals surface area contributed by atoms with E-state index in [1.165, 1.54) is 0 Å². The van der Waals surface area contributed by atoms with Gasteiger partial charge in [-0.15, -0.1) is 0 Å². The smallest absolute Gasteiger partial charge is 0.387 e. The number of carbonyl (C=O) groups excluding carboxylic acids is 1. The van der Waals surface area contributed by atoms with Crippen LogP contribution < -0.4 is 15.4 Å². The zero-order chi connectivity index (χ0) is 14.7. The molecule has 1 heterocycles. The molecule has 0 aliphatic carbocycles. The van der Waals surface area contributed by atoms with E-state index in [4.69, 9.17) is 0 Å². The predicted molar refractivity (Wildman–Crippen MR) is 71.2 cm³/mol. The van der Waals surface area contributed by atoms with Crippen LogP contribution in [0.2, 0.25) is 0 Å². The highest BCUT2D eigenvalue weighted by atomic mass is 19.3. The van der Waals surface area contributed by atoms with Crippen LogP contribution in [0.5, 0.6) is 5.75 Å². The molecule has 1 fully saturated rings. The number of nitrogens with one attached hydrogen (secondary N) is 2. The zero-order valence-corrected chi connectivity index (χ0v) is 11.5. The van der Waals surface area contributed by atoms with Crippen LogP contribution in [-0.4, -0.2) is 32.2 Å². The molecule has 1 aliphatic rings. The average molecular weight is 284 g/mol. The lowest BCUT2D eigenvalue weighted by Gasteiger charge is -2.27. The highest BCUT2D eigenvalue weighted by molar-refractivity contribution is 5.94. The topological polar surface area (TPSA) is 50.4 Å². The summed E-state index contributed by atoms with van der Waals surface area (Å²) in [6, 6.07) is 3.14. The van der Waals surface area contributed by atoms with Gasteiger partial charge in [-0.2, -0.15) is 8.78 Å². The standard InChI is InChI=1S/C14H18F2N2O2/c1-8-3-11(4-9(2)12(8)20-14(15)16)13(19)18-7-10-5-17-6-10/h3-4,10,14,17H,5-7H2,1-2H3,(H,18,19). The normalized spacial score (nSPS) is 15.1. The van der Waals surface area contributed by atoms with Crippen molar-refractivity contribution in [3.63, 3.8) is 0 Å². The molecule has 0 atom stereocenters. The number of hydrogen-bond acceptors (Lipinski definition) is 3. The second kappa shape index (κ2) is 6.17. The molecule has 1 saturated heterocycles. The summed E-state index contributed by atoms with van der Waals surface area (Å²) in [4.78, 5) is 12.0. The number of amides is 1.